The normalized spacial score (nSPS) is 15.6. The van der Waals surface area contributed by atoms with Crippen molar-refractivity contribution in [1.82, 2.24) is 5.01 Å². The number of aliphatic imine (C=N–C) groups is 2. The zero-order chi connectivity index (χ0) is 25.8. The number of alkyl halides is 3. The lowest BCUT2D eigenvalue weighted by molar-refractivity contribution is -0.137. The van der Waals surface area contributed by atoms with Gasteiger partial charge in [-0.15, -0.1) is 11.8 Å². The largest absolute Gasteiger partial charge is 0.416 e. The number of fused-ring (bicyclic) bond motifs is 1. The van der Waals surface area contributed by atoms with Gasteiger partial charge in [0.15, 0.2) is 0 Å². The van der Waals surface area contributed by atoms with Crippen molar-refractivity contribution in [2.45, 2.75) is 57.1 Å². The summed E-state index contributed by atoms with van der Waals surface area (Å²) in [6.45, 7) is 6.35. The monoisotopic (exact) mass is 521 g/mol. The maximum absolute atomic E-state index is 13.8. The van der Waals surface area contributed by atoms with Crippen molar-refractivity contribution in [1.29, 1.82) is 5.26 Å². The van der Waals surface area contributed by atoms with Gasteiger partial charge in [-0.25, -0.2) is 10.8 Å². The van der Waals surface area contributed by atoms with Gasteiger partial charge in [0.2, 0.25) is 0 Å². The van der Waals surface area contributed by atoms with Gasteiger partial charge in [0, 0.05) is 27.6 Å². The van der Waals surface area contributed by atoms with Crippen LogP contribution in [0.15, 0.2) is 45.2 Å². The Balaban J connectivity index is 2.34. The number of nitrogens with zero attached hydrogens (tertiary/aromatic N) is 4. The molecule has 1 unspecified atom stereocenters. The highest BCUT2D eigenvalue weighted by atomic mass is 35.5. The van der Waals surface area contributed by atoms with E-state index in [-0.39, 0.29) is 10.6 Å². The molecule has 0 spiro atoms. The van der Waals surface area contributed by atoms with E-state index in [0.29, 0.717) is 52.0 Å². The minimum Gasteiger partial charge on any atom is -0.297 e. The van der Waals surface area contributed by atoms with E-state index in [9.17, 15) is 18.4 Å². The molecule has 2 aromatic carbocycles. The molecule has 0 fully saturated rings. The van der Waals surface area contributed by atoms with Gasteiger partial charge in [0.05, 0.1) is 22.5 Å². The number of halogens is 4. The molecule has 1 aliphatic heterocycles. The van der Waals surface area contributed by atoms with E-state index in [1.807, 2.05) is 20.8 Å². The first-order valence-electron chi connectivity index (χ1n) is 11.4. The van der Waals surface area contributed by atoms with Crippen LogP contribution in [0.1, 0.15) is 62.3 Å². The van der Waals surface area contributed by atoms with Gasteiger partial charge in [-0.3, -0.25) is 10.0 Å². The molecule has 3 rings (SSSR count). The van der Waals surface area contributed by atoms with Crippen LogP contribution in [0.4, 0.5) is 18.9 Å². The summed E-state index contributed by atoms with van der Waals surface area (Å²) in [4.78, 5) is 10.1. The highest BCUT2D eigenvalue weighted by Gasteiger charge is 2.33. The molecule has 0 bridgehead atoms. The zero-order valence-electron chi connectivity index (χ0n) is 19.8. The molecule has 0 saturated heterocycles. The predicted molar refractivity (Wildman–Crippen MR) is 137 cm³/mol. The summed E-state index contributed by atoms with van der Waals surface area (Å²) < 4.78 is 41.5. The van der Waals surface area contributed by atoms with E-state index in [1.165, 1.54) is 22.8 Å². The van der Waals surface area contributed by atoms with Crippen molar-refractivity contribution >= 4 is 40.6 Å². The molecule has 0 aromatic heterocycles. The van der Waals surface area contributed by atoms with Crippen LogP contribution >= 0.6 is 23.4 Å². The molecule has 5 nitrogen and oxygen atoms in total. The highest BCUT2D eigenvalue weighted by molar-refractivity contribution is 7.99. The molecule has 1 aliphatic rings. The van der Waals surface area contributed by atoms with Crippen LogP contribution in [0.5, 0.6) is 0 Å². The minimum atomic E-state index is -4.53. The average molecular weight is 522 g/mol. The second-order valence-electron chi connectivity index (χ2n) is 8.12. The van der Waals surface area contributed by atoms with Crippen molar-refractivity contribution in [2.75, 3.05) is 12.3 Å². The van der Waals surface area contributed by atoms with Gasteiger partial charge in [-0.2, -0.15) is 18.4 Å². The average Bonchev–Trinajstić information content (AvgIpc) is 2.98. The number of hydrogen-bond acceptors (Lipinski definition) is 6. The Morgan fingerprint density at radius 2 is 1.89 bits per heavy atom. The Hall–Kier alpha value is -2.54. The summed E-state index contributed by atoms with van der Waals surface area (Å²) in [6.07, 6.45) is -2.44. The first-order chi connectivity index (χ1) is 16.6. The Morgan fingerprint density at radius 3 is 2.49 bits per heavy atom. The van der Waals surface area contributed by atoms with E-state index in [0.717, 1.165) is 25.0 Å². The third-order valence-electron chi connectivity index (χ3n) is 5.39. The van der Waals surface area contributed by atoms with Crippen LogP contribution in [0, 0.1) is 11.3 Å². The fourth-order valence-corrected chi connectivity index (χ4v) is 4.85. The number of benzene rings is 2. The Bertz CT molecular complexity index is 1190. The molecule has 1 heterocycles. The van der Waals surface area contributed by atoms with Crippen LogP contribution in [-0.2, 0) is 6.18 Å². The van der Waals surface area contributed by atoms with Crippen LogP contribution in [0.25, 0.3) is 0 Å². The van der Waals surface area contributed by atoms with Crippen molar-refractivity contribution in [3.63, 3.8) is 0 Å². The molecular formula is C25H27ClF3N5S. The van der Waals surface area contributed by atoms with Crippen LogP contribution in [0.3, 0.4) is 0 Å². The third kappa shape index (κ3) is 6.18. The summed E-state index contributed by atoms with van der Waals surface area (Å²) in [5, 5.41) is 11.6. The summed E-state index contributed by atoms with van der Waals surface area (Å²) >= 11 is 7.67. The molecule has 10 heteroatoms. The minimum absolute atomic E-state index is 0.201. The maximum Gasteiger partial charge on any atom is 0.416 e. The number of amidine groups is 1. The van der Waals surface area contributed by atoms with Crippen LogP contribution in [0.2, 0.25) is 5.02 Å². The molecule has 0 saturated carbocycles. The lowest BCUT2D eigenvalue weighted by Gasteiger charge is -2.23. The van der Waals surface area contributed by atoms with Crippen molar-refractivity contribution in [2.24, 2.45) is 15.8 Å². The Kier molecular flexibility index (Phi) is 8.86. The number of hydrazine groups is 1. The third-order valence-corrected chi connectivity index (χ3v) is 6.78. The quantitative estimate of drug-likeness (QED) is 0.242. The molecule has 186 valence electrons. The lowest BCUT2D eigenvalue weighted by Crippen LogP contribution is -2.43. The van der Waals surface area contributed by atoms with E-state index < -0.39 is 17.8 Å². The SMILES string of the molecule is CCCSc1cc(C2=NC(CC)C(N(N)CCC)=Nc3c(C#N)cc(Cl)cc32)cc(C(F)(F)F)c1. The van der Waals surface area contributed by atoms with Gasteiger partial charge < -0.3 is 0 Å². The number of nitrogens with two attached hydrogens (primary N) is 1. The Labute approximate surface area is 212 Å². The summed E-state index contributed by atoms with van der Waals surface area (Å²) in [5.41, 5.74) is 0.738. The van der Waals surface area contributed by atoms with Gasteiger partial charge in [-0.05, 0) is 55.3 Å². The fourth-order valence-electron chi connectivity index (χ4n) is 3.78. The van der Waals surface area contributed by atoms with Crippen molar-refractivity contribution < 1.29 is 13.2 Å². The van der Waals surface area contributed by atoms with Crippen molar-refractivity contribution in [3.8, 4) is 6.07 Å². The predicted octanol–water partition coefficient (Wildman–Crippen LogP) is 6.98. The molecule has 35 heavy (non-hydrogen) atoms. The number of thioether (sulfide) groups is 1. The molecule has 0 radical (unpaired) electrons. The molecule has 0 amide bonds. The molecular weight excluding hydrogens is 495 g/mol. The fraction of sp³-hybridized carbons (Fsp3) is 0.400. The first-order valence-corrected chi connectivity index (χ1v) is 12.8. The second kappa shape index (κ2) is 11.5. The van der Waals surface area contributed by atoms with E-state index in [4.69, 9.17) is 27.4 Å². The molecule has 0 aliphatic carbocycles. The smallest absolute Gasteiger partial charge is 0.297 e. The van der Waals surface area contributed by atoms with Gasteiger partial charge in [0.25, 0.3) is 0 Å². The molecule has 2 aromatic rings. The topological polar surface area (TPSA) is 77.8 Å². The first kappa shape index (κ1) is 27.1. The van der Waals surface area contributed by atoms with E-state index in [2.05, 4.69) is 6.07 Å². The standard InChI is InChI=1S/C25H27ClF3N5S/c1-4-7-34(31)24-21(6-3)32-22(20-13-18(26)10-16(14-30)23(20)33-24)15-9-17(25(27,28)29)12-19(11-15)35-8-5-2/h9-13,21H,4-8,31H2,1-3H3. The summed E-state index contributed by atoms with van der Waals surface area (Å²) in [6, 6.07) is 8.62. The van der Waals surface area contributed by atoms with E-state index in [1.54, 1.807) is 12.1 Å². The van der Waals surface area contributed by atoms with Gasteiger partial charge in [0.1, 0.15) is 17.9 Å². The molecule has 2 N–H and O–H groups in total. The van der Waals surface area contributed by atoms with Crippen molar-refractivity contribution in [3.05, 3.63) is 57.6 Å². The number of hydrogen-bond donors (Lipinski definition) is 1. The lowest BCUT2D eigenvalue weighted by atomic mass is 9.96. The second-order valence-corrected chi connectivity index (χ2v) is 9.72. The highest BCUT2D eigenvalue weighted by Crippen LogP contribution is 2.37. The van der Waals surface area contributed by atoms with E-state index >= 15 is 0 Å². The summed E-state index contributed by atoms with van der Waals surface area (Å²) in [5.74, 6) is 7.42. The molecule has 1 atom stereocenters. The number of nitriles is 1. The van der Waals surface area contributed by atoms with Crippen LogP contribution < -0.4 is 5.84 Å². The van der Waals surface area contributed by atoms with Gasteiger partial charge in [-0.1, -0.05) is 32.4 Å². The van der Waals surface area contributed by atoms with Gasteiger partial charge >= 0.3 is 6.18 Å². The zero-order valence-corrected chi connectivity index (χ0v) is 21.4. The Morgan fingerprint density at radius 1 is 1.14 bits per heavy atom. The maximum atomic E-state index is 13.8. The van der Waals surface area contributed by atoms with Crippen LogP contribution in [-0.4, -0.2) is 34.9 Å². The number of rotatable bonds is 7. The summed E-state index contributed by atoms with van der Waals surface area (Å²) in [7, 11) is 0.